The van der Waals surface area contributed by atoms with E-state index >= 15 is 0 Å². The van der Waals surface area contributed by atoms with Crippen LogP contribution in [0, 0.1) is 0 Å². The van der Waals surface area contributed by atoms with E-state index in [0.29, 0.717) is 36.4 Å². The Balaban J connectivity index is 1.59. The second-order valence-electron chi connectivity index (χ2n) is 6.24. The third-order valence-electron chi connectivity index (χ3n) is 4.54. The van der Waals surface area contributed by atoms with Gasteiger partial charge in [0, 0.05) is 18.5 Å². The van der Waals surface area contributed by atoms with Gasteiger partial charge in [-0.25, -0.2) is 0 Å². The van der Waals surface area contributed by atoms with Crippen molar-refractivity contribution in [3.05, 3.63) is 65.7 Å². The van der Waals surface area contributed by atoms with Gasteiger partial charge < -0.3 is 15.0 Å². The Morgan fingerprint density at radius 2 is 1.83 bits per heavy atom. The number of ether oxygens (including phenoxy) is 1. The molecule has 1 spiro atoms. The highest BCUT2D eigenvalue weighted by molar-refractivity contribution is 5.98. The summed E-state index contributed by atoms with van der Waals surface area (Å²) in [6.45, 7) is 1.01. The fraction of sp³-hybridized carbons (Fsp3) is 0.263. The lowest BCUT2D eigenvalue weighted by molar-refractivity contribution is -0.0314. The first-order valence-corrected chi connectivity index (χ1v) is 8.12. The number of rotatable bonds is 1. The van der Waals surface area contributed by atoms with Crippen LogP contribution < -0.4 is 10.1 Å². The minimum atomic E-state index is -0.839. The molecule has 2 aromatic rings. The summed E-state index contributed by atoms with van der Waals surface area (Å²) in [5.41, 5.74) is 0.348. The molecule has 2 aliphatic heterocycles. The maximum absolute atomic E-state index is 12.7. The molecule has 1 fully saturated rings. The number of hydrogen-bond donors (Lipinski definition) is 1. The smallest absolute Gasteiger partial charge is 0.258 e. The summed E-state index contributed by atoms with van der Waals surface area (Å²) in [5, 5.41) is 2.97. The van der Waals surface area contributed by atoms with Crippen LogP contribution in [0.25, 0.3) is 0 Å². The Morgan fingerprint density at radius 1 is 1.08 bits per heavy atom. The average molecular weight is 322 g/mol. The van der Waals surface area contributed by atoms with Crippen molar-refractivity contribution >= 4 is 11.8 Å². The highest BCUT2D eigenvalue weighted by atomic mass is 16.5. The molecule has 0 saturated carbocycles. The second kappa shape index (κ2) is 5.67. The largest absolute Gasteiger partial charge is 0.465 e. The molecular weight excluding hydrogens is 304 g/mol. The van der Waals surface area contributed by atoms with E-state index in [-0.39, 0.29) is 11.8 Å². The molecule has 5 heteroatoms. The van der Waals surface area contributed by atoms with Gasteiger partial charge in [-0.2, -0.15) is 0 Å². The molecule has 2 aromatic carbocycles. The fourth-order valence-corrected chi connectivity index (χ4v) is 3.40. The van der Waals surface area contributed by atoms with E-state index in [2.05, 4.69) is 5.32 Å². The van der Waals surface area contributed by atoms with Crippen molar-refractivity contribution in [3.8, 4) is 5.75 Å². The van der Waals surface area contributed by atoms with Gasteiger partial charge in [-0.15, -0.1) is 0 Å². The minimum Gasteiger partial charge on any atom is -0.465 e. The molecule has 2 amide bonds. The van der Waals surface area contributed by atoms with E-state index in [1.807, 2.05) is 30.3 Å². The maximum Gasteiger partial charge on any atom is 0.258 e. The molecule has 122 valence electrons. The zero-order valence-corrected chi connectivity index (χ0v) is 13.2. The van der Waals surface area contributed by atoms with Crippen LogP contribution >= 0.6 is 0 Å². The van der Waals surface area contributed by atoms with E-state index in [9.17, 15) is 9.59 Å². The van der Waals surface area contributed by atoms with Crippen molar-refractivity contribution in [1.82, 2.24) is 10.2 Å². The summed E-state index contributed by atoms with van der Waals surface area (Å²) in [6, 6.07) is 16.4. The Hall–Kier alpha value is -2.82. The SMILES string of the molecule is O=C1NC2(CCCN(C(=O)c3ccccc3)C2)Oc2ccccc21. The molecule has 1 atom stereocenters. The normalized spacial score (nSPS) is 22.5. The predicted octanol–water partition coefficient (Wildman–Crippen LogP) is 2.44. The summed E-state index contributed by atoms with van der Waals surface area (Å²) < 4.78 is 6.12. The summed E-state index contributed by atoms with van der Waals surface area (Å²) in [7, 11) is 0. The Morgan fingerprint density at radius 3 is 2.67 bits per heavy atom. The van der Waals surface area contributed by atoms with Crippen molar-refractivity contribution in [2.24, 2.45) is 0 Å². The van der Waals surface area contributed by atoms with E-state index in [4.69, 9.17) is 4.74 Å². The number of carbonyl (C=O) groups is 2. The third-order valence-corrected chi connectivity index (χ3v) is 4.54. The van der Waals surface area contributed by atoms with Crippen LogP contribution in [0.5, 0.6) is 5.75 Å². The standard InChI is InChI=1S/C19H18N2O3/c22-17-15-9-4-5-10-16(15)24-19(20-17)11-6-12-21(13-19)18(23)14-7-2-1-3-8-14/h1-5,7-10H,6,11-13H2,(H,20,22). The van der Waals surface area contributed by atoms with E-state index in [0.717, 1.165) is 6.42 Å². The molecular formula is C19H18N2O3. The molecule has 0 bridgehead atoms. The molecule has 24 heavy (non-hydrogen) atoms. The second-order valence-corrected chi connectivity index (χ2v) is 6.24. The molecule has 0 aliphatic carbocycles. The summed E-state index contributed by atoms with van der Waals surface area (Å²) in [4.78, 5) is 26.9. The molecule has 1 saturated heterocycles. The van der Waals surface area contributed by atoms with Gasteiger partial charge in [-0.1, -0.05) is 30.3 Å². The van der Waals surface area contributed by atoms with Gasteiger partial charge >= 0.3 is 0 Å². The Bertz CT molecular complexity index is 790. The van der Waals surface area contributed by atoms with Crippen LogP contribution in [-0.4, -0.2) is 35.5 Å². The van der Waals surface area contributed by atoms with E-state index < -0.39 is 5.72 Å². The van der Waals surface area contributed by atoms with Crippen LogP contribution in [0.4, 0.5) is 0 Å². The molecule has 1 unspecified atom stereocenters. The summed E-state index contributed by atoms with van der Waals surface area (Å²) in [5.74, 6) is 0.396. The molecule has 5 nitrogen and oxygen atoms in total. The van der Waals surface area contributed by atoms with Crippen molar-refractivity contribution in [2.75, 3.05) is 13.1 Å². The number of likely N-dealkylation sites (tertiary alicyclic amines) is 1. The lowest BCUT2D eigenvalue weighted by Gasteiger charge is -2.45. The number of para-hydroxylation sites is 1. The highest BCUT2D eigenvalue weighted by Gasteiger charge is 2.44. The zero-order valence-electron chi connectivity index (χ0n) is 13.2. The average Bonchev–Trinajstić information content (AvgIpc) is 2.62. The summed E-state index contributed by atoms with van der Waals surface area (Å²) >= 11 is 0. The number of benzene rings is 2. The van der Waals surface area contributed by atoms with Gasteiger partial charge in [0.2, 0.25) is 5.72 Å². The van der Waals surface area contributed by atoms with Gasteiger partial charge in [-0.05, 0) is 30.7 Å². The first-order chi connectivity index (χ1) is 11.7. The highest BCUT2D eigenvalue weighted by Crippen LogP contribution is 2.32. The number of amides is 2. The van der Waals surface area contributed by atoms with Crippen molar-refractivity contribution in [1.29, 1.82) is 0 Å². The van der Waals surface area contributed by atoms with Gasteiger partial charge in [0.05, 0.1) is 12.1 Å². The summed E-state index contributed by atoms with van der Waals surface area (Å²) in [6.07, 6.45) is 1.46. The van der Waals surface area contributed by atoms with E-state index in [1.165, 1.54) is 0 Å². The van der Waals surface area contributed by atoms with E-state index in [1.54, 1.807) is 29.2 Å². The first-order valence-electron chi connectivity index (χ1n) is 8.12. The Kier molecular flexibility index (Phi) is 3.49. The fourth-order valence-electron chi connectivity index (χ4n) is 3.40. The zero-order chi connectivity index (χ0) is 16.6. The molecule has 4 rings (SSSR count). The topological polar surface area (TPSA) is 58.6 Å². The van der Waals surface area contributed by atoms with Crippen LogP contribution in [0.3, 0.4) is 0 Å². The molecule has 0 aromatic heterocycles. The van der Waals surface area contributed by atoms with Gasteiger partial charge in [0.15, 0.2) is 0 Å². The molecule has 2 aliphatic rings. The van der Waals surface area contributed by atoms with Crippen molar-refractivity contribution in [3.63, 3.8) is 0 Å². The lowest BCUT2D eigenvalue weighted by Crippen LogP contribution is -2.64. The first kappa shape index (κ1) is 14.8. The monoisotopic (exact) mass is 322 g/mol. The predicted molar refractivity (Wildman–Crippen MR) is 88.8 cm³/mol. The molecule has 1 N–H and O–H groups in total. The number of piperidine rings is 1. The maximum atomic E-state index is 12.7. The number of nitrogens with one attached hydrogen (secondary N) is 1. The van der Waals surface area contributed by atoms with Gasteiger partial charge in [0.25, 0.3) is 11.8 Å². The van der Waals surface area contributed by atoms with Crippen LogP contribution in [0.15, 0.2) is 54.6 Å². The lowest BCUT2D eigenvalue weighted by atomic mass is 9.97. The molecule has 0 radical (unpaired) electrons. The van der Waals surface area contributed by atoms with Crippen molar-refractivity contribution in [2.45, 2.75) is 18.6 Å². The minimum absolute atomic E-state index is 0.0358. The van der Waals surface area contributed by atoms with Crippen LogP contribution in [0.1, 0.15) is 33.6 Å². The van der Waals surface area contributed by atoms with Gasteiger partial charge in [-0.3, -0.25) is 9.59 Å². The Labute approximate surface area is 140 Å². The number of nitrogens with zero attached hydrogens (tertiary/aromatic N) is 1. The van der Waals surface area contributed by atoms with Crippen LogP contribution in [-0.2, 0) is 0 Å². The number of hydrogen-bond acceptors (Lipinski definition) is 3. The van der Waals surface area contributed by atoms with Crippen LogP contribution in [0.2, 0.25) is 0 Å². The third kappa shape index (κ3) is 2.52. The van der Waals surface area contributed by atoms with Crippen molar-refractivity contribution < 1.29 is 14.3 Å². The van der Waals surface area contributed by atoms with Gasteiger partial charge in [0.1, 0.15) is 5.75 Å². The number of carbonyl (C=O) groups excluding carboxylic acids is 2. The molecule has 2 heterocycles. The quantitative estimate of drug-likeness (QED) is 0.877. The number of fused-ring (bicyclic) bond motifs is 1.